The van der Waals surface area contributed by atoms with Gasteiger partial charge in [0.05, 0.1) is 4.88 Å². The molecule has 27 heavy (non-hydrogen) atoms. The molecule has 2 aliphatic rings. The predicted octanol–water partition coefficient (Wildman–Crippen LogP) is 3.95. The highest BCUT2D eigenvalue weighted by molar-refractivity contribution is 7.12. The van der Waals surface area contributed by atoms with Gasteiger partial charge in [-0.1, -0.05) is 6.07 Å². The molecule has 6 heteroatoms. The van der Waals surface area contributed by atoms with Crippen LogP contribution in [0.15, 0.2) is 35.7 Å². The lowest BCUT2D eigenvalue weighted by molar-refractivity contribution is -0.119. The number of hydrogen-bond acceptors (Lipinski definition) is 4. The molecule has 2 aromatic rings. The number of likely N-dealkylation sites (tertiary alicyclic amines) is 1. The van der Waals surface area contributed by atoms with Gasteiger partial charge in [0.25, 0.3) is 0 Å². The minimum absolute atomic E-state index is 0.223. The van der Waals surface area contributed by atoms with Crippen molar-refractivity contribution in [2.75, 3.05) is 29.9 Å². The van der Waals surface area contributed by atoms with E-state index in [1.165, 1.54) is 18.4 Å². The van der Waals surface area contributed by atoms with E-state index in [9.17, 15) is 4.79 Å². The topological polar surface area (TPSA) is 59.4 Å². The van der Waals surface area contributed by atoms with Crippen LogP contribution in [0.1, 0.15) is 36.6 Å². The molecule has 0 saturated carbocycles. The van der Waals surface area contributed by atoms with Crippen LogP contribution in [0.4, 0.5) is 11.4 Å². The number of fused-ring (bicyclic) bond motifs is 1. The van der Waals surface area contributed by atoms with E-state index in [4.69, 9.17) is 5.41 Å². The lowest BCUT2D eigenvalue weighted by Gasteiger charge is -2.34. The van der Waals surface area contributed by atoms with Crippen LogP contribution in [0.25, 0.3) is 0 Å². The Kier molecular flexibility index (Phi) is 5.27. The summed E-state index contributed by atoms with van der Waals surface area (Å²) in [6.45, 7) is 5.27. The summed E-state index contributed by atoms with van der Waals surface area (Å²) < 4.78 is 0. The van der Waals surface area contributed by atoms with Crippen LogP contribution in [0.2, 0.25) is 0 Å². The zero-order valence-corrected chi connectivity index (χ0v) is 16.5. The van der Waals surface area contributed by atoms with Gasteiger partial charge in [0, 0.05) is 30.4 Å². The number of amides is 1. The van der Waals surface area contributed by atoms with Crippen molar-refractivity contribution in [3.05, 3.63) is 46.2 Å². The van der Waals surface area contributed by atoms with Gasteiger partial charge in [-0.05, 0) is 74.5 Å². The number of thiophene rings is 1. The summed E-state index contributed by atoms with van der Waals surface area (Å²) >= 11 is 1.55. The van der Waals surface area contributed by atoms with Crippen LogP contribution < -0.4 is 10.2 Å². The quantitative estimate of drug-likeness (QED) is 0.608. The Morgan fingerprint density at radius 3 is 2.81 bits per heavy atom. The molecule has 1 aromatic heterocycles. The molecule has 142 valence electrons. The molecule has 5 nitrogen and oxygen atoms in total. The lowest BCUT2D eigenvalue weighted by atomic mass is 9.99. The normalized spacial score (nSPS) is 18.4. The minimum atomic E-state index is 0.223. The average Bonchev–Trinajstić information content (AvgIpc) is 3.38. The van der Waals surface area contributed by atoms with Gasteiger partial charge in [-0.2, -0.15) is 0 Å². The number of aryl methyl sites for hydroxylation is 1. The smallest absolute Gasteiger partial charge is 0.227 e. The Bertz CT molecular complexity index is 827. The van der Waals surface area contributed by atoms with Crippen molar-refractivity contribution in [2.24, 2.45) is 0 Å². The van der Waals surface area contributed by atoms with Gasteiger partial charge in [0.2, 0.25) is 5.91 Å². The van der Waals surface area contributed by atoms with Crippen molar-refractivity contribution in [3.8, 4) is 0 Å². The van der Waals surface area contributed by atoms with Crippen LogP contribution in [-0.2, 0) is 11.2 Å². The Balaban J connectivity index is 1.50. The van der Waals surface area contributed by atoms with Gasteiger partial charge in [0.15, 0.2) is 0 Å². The molecule has 4 rings (SSSR count). The number of hydrogen-bond donors (Lipinski definition) is 2. The fourth-order valence-electron chi connectivity index (χ4n) is 4.03. The van der Waals surface area contributed by atoms with Crippen LogP contribution in [0.5, 0.6) is 0 Å². The first-order chi connectivity index (χ1) is 13.1. The van der Waals surface area contributed by atoms with Crippen LogP contribution >= 0.6 is 11.3 Å². The van der Waals surface area contributed by atoms with Crippen molar-refractivity contribution in [3.63, 3.8) is 0 Å². The highest BCUT2D eigenvalue weighted by atomic mass is 32.1. The van der Waals surface area contributed by atoms with E-state index in [-0.39, 0.29) is 5.91 Å². The van der Waals surface area contributed by atoms with Gasteiger partial charge in [0.1, 0.15) is 5.84 Å². The van der Waals surface area contributed by atoms with Gasteiger partial charge < -0.3 is 10.2 Å². The number of amidine groups is 1. The molecule has 2 N–H and O–H groups in total. The van der Waals surface area contributed by atoms with Gasteiger partial charge in [-0.15, -0.1) is 11.3 Å². The van der Waals surface area contributed by atoms with Gasteiger partial charge >= 0.3 is 0 Å². The molecular formula is C21H26N4OS. The third-order valence-electron chi connectivity index (χ3n) is 5.53. The fraction of sp³-hybridized carbons (Fsp3) is 0.429. The second kappa shape index (κ2) is 7.82. The van der Waals surface area contributed by atoms with E-state index in [0.29, 0.717) is 18.3 Å². The zero-order valence-electron chi connectivity index (χ0n) is 15.7. The van der Waals surface area contributed by atoms with E-state index in [1.54, 1.807) is 11.3 Å². The third-order valence-corrected chi connectivity index (χ3v) is 6.41. The predicted molar refractivity (Wildman–Crippen MR) is 112 cm³/mol. The Hall–Kier alpha value is -2.18. The van der Waals surface area contributed by atoms with Crippen molar-refractivity contribution >= 4 is 34.5 Å². The third kappa shape index (κ3) is 3.92. The first kappa shape index (κ1) is 18.2. The highest BCUT2D eigenvalue weighted by Gasteiger charge is 2.28. The Morgan fingerprint density at radius 1 is 1.26 bits per heavy atom. The molecule has 1 atom stereocenters. The van der Waals surface area contributed by atoms with E-state index in [1.807, 2.05) is 34.5 Å². The molecule has 1 fully saturated rings. The van der Waals surface area contributed by atoms with Crippen molar-refractivity contribution < 1.29 is 4.79 Å². The maximum Gasteiger partial charge on any atom is 0.227 e. The number of anilines is 2. The van der Waals surface area contributed by atoms with E-state index < -0.39 is 0 Å². The van der Waals surface area contributed by atoms with E-state index >= 15 is 0 Å². The molecule has 3 heterocycles. The lowest BCUT2D eigenvalue weighted by Crippen LogP contribution is -2.45. The Morgan fingerprint density at radius 2 is 2.07 bits per heavy atom. The molecule has 0 radical (unpaired) electrons. The molecule has 1 amide bonds. The second-order valence-corrected chi connectivity index (χ2v) is 8.36. The SMILES string of the molecule is CC(CN1C(=O)CCc2cc(NC(=N)c3cccs3)ccc21)N1CCCC1. The molecule has 0 aliphatic carbocycles. The number of benzene rings is 1. The van der Waals surface area contributed by atoms with Crippen LogP contribution in [0, 0.1) is 5.41 Å². The zero-order chi connectivity index (χ0) is 18.8. The highest BCUT2D eigenvalue weighted by Crippen LogP contribution is 2.31. The van der Waals surface area contributed by atoms with E-state index in [2.05, 4.69) is 23.2 Å². The first-order valence-corrected chi connectivity index (χ1v) is 10.6. The summed E-state index contributed by atoms with van der Waals surface area (Å²) in [4.78, 5) is 18.0. The number of nitrogens with one attached hydrogen (secondary N) is 2. The largest absolute Gasteiger partial charge is 0.340 e. The first-order valence-electron chi connectivity index (χ1n) is 9.68. The Labute approximate surface area is 164 Å². The molecule has 1 unspecified atom stereocenters. The monoisotopic (exact) mass is 382 g/mol. The standard InChI is InChI=1S/C21H26N4OS/c1-15(24-10-2-3-11-24)14-25-18-8-7-17(13-16(18)6-9-20(25)26)23-21(22)19-5-4-12-27-19/h4-5,7-8,12-13,15H,2-3,6,9-11,14H2,1H3,(H2,22,23). The van der Waals surface area contributed by atoms with Crippen molar-refractivity contribution in [2.45, 2.75) is 38.6 Å². The van der Waals surface area contributed by atoms with Gasteiger partial charge in [-0.25, -0.2) is 0 Å². The number of carbonyl (C=O) groups excluding carboxylic acids is 1. The summed E-state index contributed by atoms with van der Waals surface area (Å²) in [6, 6.07) is 10.4. The maximum atomic E-state index is 12.6. The second-order valence-electron chi connectivity index (χ2n) is 7.42. The maximum absolute atomic E-state index is 12.6. The molecular weight excluding hydrogens is 356 g/mol. The van der Waals surface area contributed by atoms with Crippen molar-refractivity contribution in [1.29, 1.82) is 5.41 Å². The summed E-state index contributed by atoms with van der Waals surface area (Å²) in [5, 5.41) is 13.4. The van der Waals surface area contributed by atoms with Crippen LogP contribution in [0.3, 0.4) is 0 Å². The fourth-order valence-corrected chi connectivity index (χ4v) is 4.66. The summed E-state index contributed by atoms with van der Waals surface area (Å²) in [6.07, 6.45) is 3.86. The number of carbonyl (C=O) groups is 1. The molecule has 1 saturated heterocycles. The van der Waals surface area contributed by atoms with Crippen LogP contribution in [-0.4, -0.2) is 42.3 Å². The molecule has 0 spiro atoms. The number of rotatable bonds is 5. The summed E-state index contributed by atoms with van der Waals surface area (Å²) in [7, 11) is 0. The summed E-state index contributed by atoms with van der Waals surface area (Å²) in [5.74, 6) is 0.636. The van der Waals surface area contributed by atoms with Crippen molar-refractivity contribution in [1.82, 2.24) is 4.90 Å². The summed E-state index contributed by atoms with van der Waals surface area (Å²) in [5.41, 5.74) is 3.13. The molecule has 2 aliphatic heterocycles. The number of nitrogens with zero attached hydrogens (tertiary/aromatic N) is 2. The minimum Gasteiger partial charge on any atom is -0.340 e. The molecule has 1 aromatic carbocycles. The molecule has 0 bridgehead atoms. The van der Waals surface area contributed by atoms with E-state index in [0.717, 1.165) is 42.3 Å². The average molecular weight is 383 g/mol. The van der Waals surface area contributed by atoms with Gasteiger partial charge in [-0.3, -0.25) is 15.1 Å².